The van der Waals surface area contributed by atoms with Gasteiger partial charge in [0.1, 0.15) is 5.49 Å². The van der Waals surface area contributed by atoms with Gasteiger partial charge >= 0.3 is 0 Å². The molecule has 0 aromatic heterocycles. The van der Waals surface area contributed by atoms with E-state index in [1.807, 2.05) is 0 Å². The number of amides is 1. The molecular formula is C5H6NOS. The van der Waals surface area contributed by atoms with Crippen molar-refractivity contribution < 1.29 is 4.79 Å². The van der Waals surface area contributed by atoms with E-state index < -0.39 is 0 Å². The standard InChI is InChI=1S/C5H6NOS/c1-2-3-5(7)6-4-8/h2H,1,3H2,(H,6,7,8). The van der Waals surface area contributed by atoms with Crippen LogP contribution in [0.25, 0.3) is 0 Å². The average Bonchev–Trinajstić information content (AvgIpc) is 1.68. The predicted octanol–water partition coefficient (Wildman–Crippen LogP) is 0.513. The Morgan fingerprint density at radius 3 is 3.00 bits per heavy atom. The molecule has 3 heteroatoms. The number of hydrogen-bond acceptors (Lipinski definition) is 2. The Kier molecular flexibility index (Phi) is 4.07. The first kappa shape index (κ1) is 7.30. The number of rotatable bonds is 3. The van der Waals surface area contributed by atoms with E-state index in [0.29, 0.717) is 6.42 Å². The van der Waals surface area contributed by atoms with Gasteiger partial charge in [0, 0.05) is 6.42 Å². The normalized spacial score (nSPS) is 7.50. The van der Waals surface area contributed by atoms with Crippen LogP contribution in [-0.4, -0.2) is 11.4 Å². The van der Waals surface area contributed by atoms with Crippen molar-refractivity contribution in [3.8, 4) is 0 Å². The van der Waals surface area contributed by atoms with Crippen molar-refractivity contribution in [1.29, 1.82) is 0 Å². The topological polar surface area (TPSA) is 29.1 Å². The highest BCUT2D eigenvalue weighted by Crippen LogP contribution is 1.75. The lowest BCUT2D eigenvalue weighted by Gasteiger charge is -1.88. The molecule has 0 saturated heterocycles. The third-order valence-corrected chi connectivity index (χ3v) is 0.622. The summed E-state index contributed by atoms with van der Waals surface area (Å²) in [4.78, 5) is 10.3. The van der Waals surface area contributed by atoms with Crippen molar-refractivity contribution in [2.24, 2.45) is 0 Å². The van der Waals surface area contributed by atoms with Gasteiger partial charge in [-0.1, -0.05) is 18.3 Å². The highest BCUT2D eigenvalue weighted by atomic mass is 32.1. The Morgan fingerprint density at radius 1 is 2.00 bits per heavy atom. The molecule has 0 atom stereocenters. The van der Waals surface area contributed by atoms with Gasteiger partial charge in [0.2, 0.25) is 5.91 Å². The molecule has 0 aliphatic carbocycles. The summed E-state index contributed by atoms with van der Waals surface area (Å²) in [6.07, 6.45) is 1.80. The molecule has 0 aliphatic heterocycles. The van der Waals surface area contributed by atoms with E-state index in [0.717, 1.165) is 0 Å². The molecular weight excluding hydrogens is 122 g/mol. The van der Waals surface area contributed by atoms with Gasteiger partial charge in [0.15, 0.2) is 0 Å². The molecule has 8 heavy (non-hydrogen) atoms. The summed E-state index contributed by atoms with van der Waals surface area (Å²) in [5.74, 6) is -0.171. The molecule has 1 N–H and O–H groups in total. The van der Waals surface area contributed by atoms with Crippen LogP contribution in [0, 0.1) is 0 Å². The van der Waals surface area contributed by atoms with Crippen molar-refractivity contribution in [2.75, 3.05) is 0 Å². The molecule has 2 nitrogen and oxygen atoms in total. The smallest absolute Gasteiger partial charge is 0.228 e. The van der Waals surface area contributed by atoms with Gasteiger partial charge in [-0.2, -0.15) is 0 Å². The quantitative estimate of drug-likeness (QED) is 0.341. The summed E-state index contributed by atoms with van der Waals surface area (Å²) < 4.78 is 0. The fourth-order valence-electron chi connectivity index (χ4n) is 0.239. The van der Waals surface area contributed by atoms with Crippen LogP contribution in [0.1, 0.15) is 6.42 Å². The minimum Gasteiger partial charge on any atom is -0.314 e. The number of nitrogens with one attached hydrogen (secondary N) is 1. The van der Waals surface area contributed by atoms with Crippen molar-refractivity contribution in [3.05, 3.63) is 12.7 Å². The zero-order valence-electron chi connectivity index (χ0n) is 4.31. The van der Waals surface area contributed by atoms with Crippen LogP contribution < -0.4 is 5.32 Å². The van der Waals surface area contributed by atoms with Crippen molar-refractivity contribution in [2.45, 2.75) is 6.42 Å². The lowest BCUT2D eigenvalue weighted by Crippen LogP contribution is -2.18. The molecule has 1 amide bonds. The number of thiocarbonyl (C=S) groups is 1. The zero-order valence-corrected chi connectivity index (χ0v) is 5.12. The maximum atomic E-state index is 10.3. The van der Waals surface area contributed by atoms with Crippen LogP contribution in [0.4, 0.5) is 0 Å². The third kappa shape index (κ3) is 3.49. The van der Waals surface area contributed by atoms with Crippen LogP contribution in [0.3, 0.4) is 0 Å². The zero-order chi connectivity index (χ0) is 6.41. The SMILES string of the molecule is C=CCC(=O)N[C]=S. The minimum absolute atomic E-state index is 0.171. The lowest BCUT2D eigenvalue weighted by atomic mass is 10.4. The van der Waals surface area contributed by atoms with Gasteiger partial charge in [-0.15, -0.1) is 6.58 Å². The Morgan fingerprint density at radius 2 is 2.62 bits per heavy atom. The van der Waals surface area contributed by atoms with Crippen molar-refractivity contribution in [1.82, 2.24) is 5.32 Å². The Bertz CT molecular complexity index is 99.0. The lowest BCUT2D eigenvalue weighted by molar-refractivity contribution is -0.118. The minimum atomic E-state index is -0.171. The first-order chi connectivity index (χ1) is 3.81. The van der Waals surface area contributed by atoms with Gasteiger partial charge in [-0.3, -0.25) is 4.79 Å². The maximum absolute atomic E-state index is 10.3. The second kappa shape index (κ2) is 4.46. The van der Waals surface area contributed by atoms with Gasteiger partial charge in [-0.05, 0) is 0 Å². The highest BCUT2D eigenvalue weighted by Gasteiger charge is 1.90. The molecule has 0 saturated carbocycles. The molecule has 0 fully saturated rings. The maximum Gasteiger partial charge on any atom is 0.228 e. The van der Waals surface area contributed by atoms with E-state index in [-0.39, 0.29) is 5.91 Å². The summed E-state index contributed by atoms with van der Waals surface area (Å²) in [7, 11) is 0. The molecule has 0 bridgehead atoms. The third-order valence-electron chi connectivity index (χ3n) is 0.520. The van der Waals surface area contributed by atoms with Crippen LogP contribution in [0.2, 0.25) is 0 Å². The van der Waals surface area contributed by atoms with Crippen molar-refractivity contribution >= 4 is 23.6 Å². The monoisotopic (exact) mass is 128 g/mol. The van der Waals surface area contributed by atoms with E-state index in [2.05, 4.69) is 29.6 Å². The van der Waals surface area contributed by atoms with Gasteiger partial charge < -0.3 is 5.32 Å². The molecule has 0 spiro atoms. The van der Waals surface area contributed by atoms with E-state index in [1.54, 1.807) is 0 Å². The van der Waals surface area contributed by atoms with Crippen molar-refractivity contribution in [3.63, 3.8) is 0 Å². The van der Waals surface area contributed by atoms with Crippen LogP contribution >= 0.6 is 12.2 Å². The summed E-state index contributed by atoms with van der Waals surface area (Å²) in [6.45, 7) is 3.36. The molecule has 0 unspecified atom stereocenters. The molecule has 0 aromatic rings. The van der Waals surface area contributed by atoms with Gasteiger partial charge in [-0.25, -0.2) is 0 Å². The highest BCUT2D eigenvalue weighted by molar-refractivity contribution is 7.78. The van der Waals surface area contributed by atoms with Crippen LogP contribution in [-0.2, 0) is 4.79 Å². The largest absolute Gasteiger partial charge is 0.314 e. The fourth-order valence-corrected chi connectivity index (χ4v) is 0.353. The first-order valence-corrected chi connectivity index (χ1v) is 2.49. The predicted molar refractivity (Wildman–Crippen MR) is 35.6 cm³/mol. The Labute approximate surface area is 53.6 Å². The second-order valence-electron chi connectivity index (χ2n) is 1.14. The molecule has 0 heterocycles. The van der Waals surface area contributed by atoms with E-state index in [9.17, 15) is 4.79 Å². The summed E-state index contributed by atoms with van der Waals surface area (Å²) in [5.41, 5.74) is 2.09. The van der Waals surface area contributed by atoms with E-state index in [1.165, 1.54) is 6.08 Å². The summed E-state index contributed by atoms with van der Waals surface area (Å²) in [6, 6.07) is 0. The molecule has 0 aliphatic rings. The number of carbonyl (C=O) groups is 1. The summed E-state index contributed by atoms with van der Waals surface area (Å²) in [5, 5.41) is 2.20. The van der Waals surface area contributed by atoms with Gasteiger partial charge in [0.25, 0.3) is 0 Å². The van der Waals surface area contributed by atoms with E-state index in [4.69, 9.17) is 0 Å². The molecule has 0 aromatic carbocycles. The molecule has 0 rings (SSSR count). The molecule has 1 radical (unpaired) electrons. The van der Waals surface area contributed by atoms with Crippen LogP contribution in [0.15, 0.2) is 12.7 Å². The first-order valence-electron chi connectivity index (χ1n) is 2.08. The average molecular weight is 128 g/mol. The Hall–Kier alpha value is -0.700. The van der Waals surface area contributed by atoms with Crippen LogP contribution in [0.5, 0.6) is 0 Å². The molecule has 43 valence electrons. The number of hydrogen-bond donors (Lipinski definition) is 1. The second-order valence-corrected chi connectivity index (χ2v) is 1.35. The fraction of sp³-hybridized carbons (Fsp3) is 0.200. The number of carbonyl (C=O) groups excluding carboxylic acids is 1. The Balaban J connectivity index is 3.32. The van der Waals surface area contributed by atoms with Gasteiger partial charge in [0.05, 0.1) is 0 Å². The summed E-state index contributed by atoms with van der Waals surface area (Å²) >= 11 is 4.23. The van der Waals surface area contributed by atoms with E-state index >= 15 is 0 Å².